The molecule has 1 fully saturated rings. The van der Waals surface area contributed by atoms with E-state index >= 15 is 0 Å². The summed E-state index contributed by atoms with van der Waals surface area (Å²) < 4.78 is 11.0. The zero-order valence-corrected chi connectivity index (χ0v) is 13.0. The Morgan fingerprint density at radius 3 is 2.81 bits per heavy atom. The fourth-order valence-electron chi connectivity index (χ4n) is 2.63. The van der Waals surface area contributed by atoms with Crippen LogP contribution in [0, 0.1) is 0 Å². The Morgan fingerprint density at radius 1 is 1.43 bits per heavy atom. The lowest BCUT2D eigenvalue weighted by molar-refractivity contribution is -0.150. The maximum atomic E-state index is 12.4. The highest BCUT2D eigenvalue weighted by atomic mass is 16.5. The molecule has 1 aliphatic heterocycles. The largest absolute Gasteiger partial charge is 0.464 e. The summed E-state index contributed by atoms with van der Waals surface area (Å²) in [5.41, 5.74) is 0.976. The SMILES string of the molecule is CCN(C)[C@@H](C(=O)OCC[C@@H]1CCCO1)c1ccccc1. The van der Waals surface area contributed by atoms with Crippen LogP contribution in [0.2, 0.25) is 0 Å². The molecule has 0 unspecified atom stereocenters. The predicted octanol–water partition coefficient (Wildman–Crippen LogP) is 2.79. The van der Waals surface area contributed by atoms with Gasteiger partial charge in [0, 0.05) is 13.0 Å². The Hall–Kier alpha value is -1.39. The molecule has 0 aliphatic carbocycles. The molecular formula is C17H25NO3. The number of esters is 1. The van der Waals surface area contributed by atoms with Gasteiger partial charge in [0.25, 0.3) is 0 Å². The van der Waals surface area contributed by atoms with Crippen molar-refractivity contribution < 1.29 is 14.3 Å². The molecule has 1 heterocycles. The number of hydrogen-bond acceptors (Lipinski definition) is 4. The van der Waals surface area contributed by atoms with Gasteiger partial charge in [-0.2, -0.15) is 0 Å². The van der Waals surface area contributed by atoms with Crippen LogP contribution < -0.4 is 0 Å². The molecule has 1 aliphatic rings. The van der Waals surface area contributed by atoms with Crippen LogP contribution in [-0.2, 0) is 14.3 Å². The molecule has 1 aromatic rings. The predicted molar refractivity (Wildman–Crippen MR) is 82.0 cm³/mol. The first kappa shape index (κ1) is 16.0. The molecule has 1 saturated heterocycles. The van der Waals surface area contributed by atoms with Gasteiger partial charge in [0.05, 0.1) is 12.7 Å². The first-order valence-electron chi connectivity index (χ1n) is 7.75. The Labute approximate surface area is 127 Å². The van der Waals surface area contributed by atoms with Crippen LogP contribution in [0.1, 0.15) is 37.8 Å². The third kappa shape index (κ3) is 4.55. The lowest BCUT2D eigenvalue weighted by Crippen LogP contribution is -2.32. The quantitative estimate of drug-likeness (QED) is 0.724. The number of hydrogen-bond donors (Lipinski definition) is 0. The Kier molecular flexibility index (Phi) is 6.21. The van der Waals surface area contributed by atoms with E-state index in [2.05, 4.69) is 0 Å². The molecule has 0 amide bonds. The number of rotatable bonds is 7. The molecule has 2 rings (SSSR count). The molecule has 2 atom stereocenters. The molecule has 0 radical (unpaired) electrons. The summed E-state index contributed by atoms with van der Waals surface area (Å²) >= 11 is 0. The third-order valence-electron chi connectivity index (χ3n) is 3.99. The van der Waals surface area contributed by atoms with E-state index in [0.717, 1.165) is 38.0 Å². The first-order chi connectivity index (χ1) is 10.2. The standard InChI is InChI=1S/C17H25NO3/c1-3-18(2)16(14-8-5-4-6-9-14)17(19)21-13-11-15-10-7-12-20-15/h4-6,8-9,15-16H,3,7,10-13H2,1-2H3/t15-,16+/m0/s1. The van der Waals surface area contributed by atoms with E-state index in [9.17, 15) is 4.79 Å². The number of carbonyl (C=O) groups is 1. The normalized spacial score (nSPS) is 19.7. The lowest BCUT2D eigenvalue weighted by atomic mass is 10.1. The van der Waals surface area contributed by atoms with Crippen molar-refractivity contribution in [3.8, 4) is 0 Å². The van der Waals surface area contributed by atoms with Crippen molar-refractivity contribution in [2.45, 2.75) is 38.3 Å². The van der Waals surface area contributed by atoms with Crippen LogP contribution in [0.25, 0.3) is 0 Å². The fourth-order valence-corrected chi connectivity index (χ4v) is 2.63. The van der Waals surface area contributed by atoms with Crippen LogP contribution in [0.3, 0.4) is 0 Å². The minimum absolute atomic E-state index is 0.177. The smallest absolute Gasteiger partial charge is 0.328 e. The second-order valence-corrected chi connectivity index (χ2v) is 5.48. The van der Waals surface area contributed by atoms with Crippen molar-refractivity contribution in [3.05, 3.63) is 35.9 Å². The summed E-state index contributed by atoms with van der Waals surface area (Å²) in [6.45, 7) is 4.10. The molecule has 1 aromatic carbocycles. The Balaban J connectivity index is 1.91. The second-order valence-electron chi connectivity index (χ2n) is 5.48. The molecule has 0 N–H and O–H groups in total. The summed E-state index contributed by atoms with van der Waals surface area (Å²) in [7, 11) is 1.94. The van der Waals surface area contributed by atoms with E-state index in [1.807, 2.05) is 49.2 Å². The minimum atomic E-state index is -0.333. The van der Waals surface area contributed by atoms with Crippen molar-refractivity contribution in [1.82, 2.24) is 4.90 Å². The average Bonchev–Trinajstić information content (AvgIpc) is 3.01. The maximum absolute atomic E-state index is 12.4. The van der Waals surface area contributed by atoms with Gasteiger partial charge in [-0.05, 0) is 32.0 Å². The van der Waals surface area contributed by atoms with Gasteiger partial charge in [-0.25, -0.2) is 4.79 Å². The topological polar surface area (TPSA) is 38.8 Å². The van der Waals surface area contributed by atoms with Gasteiger partial charge < -0.3 is 9.47 Å². The van der Waals surface area contributed by atoms with Crippen molar-refractivity contribution in [2.24, 2.45) is 0 Å². The molecule has 4 nitrogen and oxygen atoms in total. The third-order valence-corrected chi connectivity index (χ3v) is 3.99. The van der Waals surface area contributed by atoms with Crippen LogP contribution in [-0.4, -0.2) is 43.8 Å². The van der Waals surface area contributed by atoms with Gasteiger partial charge in [-0.15, -0.1) is 0 Å². The average molecular weight is 291 g/mol. The molecule has 0 saturated carbocycles. The van der Waals surface area contributed by atoms with E-state index in [-0.39, 0.29) is 18.1 Å². The summed E-state index contributed by atoms with van der Waals surface area (Å²) in [4.78, 5) is 14.4. The summed E-state index contributed by atoms with van der Waals surface area (Å²) in [6.07, 6.45) is 3.25. The first-order valence-corrected chi connectivity index (χ1v) is 7.75. The molecule has 0 aromatic heterocycles. The van der Waals surface area contributed by atoms with Crippen LogP contribution >= 0.6 is 0 Å². The second kappa shape index (κ2) is 8.15. The van der Waals surface area contributed by atoms with Gasteiger partial charge >= 0.3 is 5.97 Å². The van der Waals surface area contributed by atoms with E-state index in [1.165, 1.54) is 0 Å². The highest BCUT2D eigenvalue weighted by Crippen LogP contribution is 2.21. The highest BCUT2D eigenvalue weighted by Gasteiger charge is 2.26. The molecule has 0 bridgehead atoms. The molecule has 21 heavy (non-hydrogen) atoms. The highest BCUT2D eigenvalue weighted by molar-refractivity contribution is 5.77. The number of nitrogens with zero attached hydrogens (tertiary/aromatic N) is 1. The van der Waals surface area contributed by atoms with E-state index < -0.39 is 0 Å². The van der Waals surface area contributed by atoms with Gasteiger partial charge in [0.2, 0.25) is 0 Å². The van der Waals surface area contributed by atoms with E-state index in [4.69, 9.17) is 9.47 Å². The molecule has 116 valence electrons. The Morgan fingerprint density at radius 2 is 2.19 bits per heavy atom. The molecular weight excluding hydrogens is 266 g/mol. The number of likely N-dealkylation sites (N-methyl/N-ethyl adjacent to an activating group) is 1. The Bertz CT molecular complexity index is 429. The van der Waals surface area contributed by atoms with Crippen molar-refractivity contribution in [2.75, 3.05) is 26.8 Å². The van der Waals surface area contributed by atoms with E-state index in [0.29, 0.717) is 6.61 Å². The van der Waals surface area contributed by atoms with Crippen molar-refractivity contribution >= 4 is 5.97 Å². The maximum Gasteiger partial charge on any atom is 0.328 e. The van der Waals surface area contributed by atoms with Gasteiger partial charge in [0.15, 0.2) is 0 Å². The van der Waals surface area contributed by atoms with Crippen LogP contribution in [0.4, 0.5) is 0 Å². The molecule has 4 heteroatoms. The van der Waals surface area contributed by atoms with Crippen LogP contribution in [0.15, 0.2) is 30.3 Å². The van der Waals surface area contributed by atoms with Crippen LogP contribution in [0.5, 0.6) is 0 Å². The zero-order chi connectivity index (χ0) is 15.1. The van der Waals surface area contributed by atoms with Crippen molar-refractivity contribution in [3.63, 3.8) is 0 Å². The van der Waals surface area contributed by atoms with E-state index in [1.54, 1.807) is 0 Å². The minimum Gasteiger partial charge on any atom is -0.464 e. The van der Waals surface area contributed by atoms with Gasteiger partial charge in [-0.1, -0.05) is 37.3 Å². The van der Waals surface area contributed by atoms with Gasteiger partial charge in [-0.3, -0.25) is 4.90 Å². The zero-order valence-electron chi connectivity index (χ0n) is 13.0. The summed E-state index contributed by atoms with van der Waals surface area (Å²) in [5, 5.41) is 0. The van der Waals surface area contributed by atoms with Crippen molar-refractivity contribution in [1.29, 1.82) is 0 Å². The lowest BCUT2D eigenvalue weighted by Gasteiger charge is -2.25. The monoisotopic (exact) mass is 291 g/mol. The molecule has 0 spiro atoms. The number of carbonyl (C=O) groups excluding carboxylic acids is 1. The fraction of sp³-hybridized carbons (Fsp3) is 0.588. The summed E-state index contributed by atoms with van der Waals surface area (Å²) in [5.74, 6) is -0.177. The summed E-state index contributed by atoms with van der Waals surface area (Å²) in [6, 6.07) is 9.46. The van der Waals surface area contributed by atoms with Gasteiger partial charge in [0.1, 0.15) is 6.04 Å². The number of ether oxygens (including phenoxy) is 2. The number of benzene rings is 1.